The first-order chi connectivity index (χ1) is 6.25. The first-order valence-electron chi connectivity index (χ1n) is 3.71. The standard InChI is InChI=1S/C9H6Br2N2/c10-7-1-3-8(4-2-7)13-5-9(11)12-6-13/h1-6H. The maximum atomic E-state index is 4.08. The molecule has 66 valence electrons. The van der Waals surface area contributed by atoms with E-state index in [1.54, 1.807) is 6.33 Å². The number of nitrogens with zero attached hydrogens (tertiary/aromatic N) is 2. The van der Waals surface area contributed by atoms with Crippen LogP contribution in [0.5, 0.6) is 0 Å². The second-order valence-electron chi connectivity index (χ2n) is 2.58. The van der Waals surface area contributed by atoms with Crippen LogP contribution >= 0.6 is 31.9 Å². The third-order valence-electron chi connectivity index (χ3n) is 1.68. The lowest BCUT2D eigenvalue weighted by atomic mass is 10.3. The van der Waals surface area contributed by atoms with Gasteiger partial charge in [0, 0.05) is 16.4 Å². The van der Waals surface area contributed by atoms with Crippen molar-refractivity contribution in [1.82, 2.24) is 9.55 Å². The van der Waals surface area contributed by atoms with E-state index in [4.69, 9.17) is 0 Å². The van der Waals surface area contributed by atoms with Crippen LogP contribution < -0.4 is 0 Å². The summed E-state index contributed by atoms with van der Waals surface area (Å²) < 4.78 is 3.88. The third kappa shape index (κ3) is 2.00. The van der Waals surface area contributed by atoms with Crippen LogP contribution in [0.25, 0.3) is 5.69 Å². The van der Waals surface area contributed by atoms with E-state index in [-0.39, 0.29) is 0 Å². The molecule has 1 heterocycles. The Balaban J connectivity index is 2.41. The van der Waals surface area contributed by atoms with Crippen molar-refractivity contribution in [3.05, 3.63) is 45.9 Å². The second kappa shape index (κ2) is 3.64. The molecule has 0 N–H and O–H groups in total. The fourth-order valence-electron chi connectivity index (χ4n) is 1.05. The van der Waals surface area contributed by atoms with Gasteiger partial charge < -0.3 is 4.57 Å². The first kappa shape index (κ1) is 8.97. The summed E-state index contributed by atoms with van der Waals surface area (Å²) in [5, 5.41) is 0. The molecule has 0 radical (unpaired) electrons. The number of imidazole rings is 1. The molecule has 2 aromatic rings. The molecule has 0 atom stereocenters. The van der Waals surface area contributed by atoms with Gasteiger partial charge in [0.2, 0.25) is 0 Å². The van der Waals surface area contributed by atoms with Gasteiger partial charge >= 0.3 is 0 Å². The molecule has 4 heteroatoms. The minimum absolute atomic E-state index is 0.843. The lowest BCUT2D eigenvalue weighted by Crippen LogP contribution is -1.87. The molecule has 0 unspecified atom stereocenters. The summed E-state index contributed by atoms with van der Waals surface area (Å²) in [7, 11) is 0. The van der Waals surface area contributed by atoms with Gasteiger partial charge in [-0.25, -0.2) is 4.98 Å². The van der Waals surface area contributed by atoms with Gasteiger partial charge in [0.05, 0.1) is 0 Å². The lowest BCUT2D eigenvalue weighted by molar-refractivity contribution is 1.06. The molecule has 1 aromatic carbocycles. The molecule has 0 aliphatic heterocycles. The normalized spacial score (nSPS) is 10.3. The molecule has 2 rings (SSSR count). The first-order valence-corrected chi connectivity index (χ1v) is 5.30. The van der Waals surface area contributed by atoms with Crippen molar-refractivity contribution in [2.75, 3.05) is 0 Å². The fourth-order valence-corrected chi connectivity index (χ4v) is 1.63. The van der Waals surface area contributed by atoms with Crippen molar-refractivity contribution in [2.45, 2.75) is 0 Å². The highest BCUT2D eigenvalue weighted by atomic mass is 79.9. The van der Waals surface area contributed by atoms with E-state index in [9.17, 15) is 0 Å². The van der Waals surface area contributed by atoms with Gasteiger partial charge in [-0.1, -0.05) is 15.9 Å². The van der Waals surface area contributed by atoms with Crippen molar-refractivity contribution < 1.29 is 0 Å². The Kier molecular flexibility index (Phi) is 2.51. The molecule has 0 fully saturated rings. The Morgan fingerprint density at radius 3 is 2.31 bits per heavy atom. The summed E-state index contributed by atoms with van der Waals surface area (Å²) >= 11 is 6.69. The van der Waals surface area contributed by atoms with E-state index in [0.29, 0.717) is 0 Å². The lowest BCUT2D eigenvalue weighted by Gasteiger charge is -2.00. The average molecular weight is 302 g/mol. The topological polar surface area (TPSA) is 17.8 Å². The van der Waals surface area contributed by atoms with Crippen LogP contribution in [0.15, 0.2) is 45.9 Å². The Morgan fingerprint density at radius 2 is 1.77 bits per heavy atom. The molecular weight excluding hydrogens is 296 g/mol. The van der Waals surface area contributed by atoms with Gasteiger partial charge in [-0.05, 0) is 40.2 Å². The summed E-state index contributed by atoms with van der Waals surface area (Å²) in [5.41, 5.74) is 1.10. The van der Waals surface area contributed by atoms with Crippen molar-refractivity contribution >= 4 is 31.9 Å². The van der Waals surface area contributed by atoms with Gasteiger partial charge in [0.15, 0.2) is 0 Å². The van der Waals surface area contributed by atoms with Crippen molar-refractivity contribution in [2.24, 2.45) is 0 Å². The molecule has 0 aliphatic carbocycles. The van der Waals surface area contributed by atoms with Crippen LogP contribution in [0, 0.1) is 0 Å². The summed E-state index contributed by atoms with van der Waals surface area (Å²) in [6, 6.07) is 8.06. The highest BCUT2D eigenvalue weighted by Crippen LogP contribution is 2.15. The van der Waals surface area contributed by atoms with Gasteiger partial charge in [-0.15, -0.1) is 0 Å². The Morgan fingerprint density at radius 1 is 1.08 bits per heavy atom. The number of rotatable bonds is 1. The molecule has 2 nitrogen and oxygen atoms in total. The highest BCUT2D eigenvalue weighted by Gasteiger charge is 1.97. The van der Waals surface area contributed by atoms with Crippen LogP contribution in [0.3, 0.4) is 0 Å². The van der Waals surface area contributed by atoms with E-state index >= 15 is 0 Å². The van der Waals surface area contributed by atoms with Gasteiger partial charge in [-0.2, -0.15) is 0 Å². The summed E-state index contributed by atoms with van der Waals surface area (Å²) in [5.74, 6) is 0. The highest BCUT2D eigenvalue weighted by molar-refractivity contribution is 9.10. The Hall–Kier alpha value is -0.610. The number of benzene rings is 1. The SMILES string of the molecule is Brc1ccc(-n2cnc(Br)c2)cc1. The van der Waals surface area contributed by atoms with E-state index < -0.39 is 0 Å². The van der Waals surface area contributed by atoms with Crippen LogP contribution in [-0.2, 0) is 0 Å². The van der Waals surface area contributed by atoms with Crippen LogP contribution in [0.4, 0.5) is 0 Å². The molecule has 0 bridgehead atoms. The van der Waals surface area contributed by atoms with Gasteiger partial charge in [0.25, 0.3) is 0 Å². The Bertz CT molecular complexity index is 406. The quantitative estimate of drug-likeness (QED) is 0.789. The van der Waals surface area contributed by atoms with E-state index in [0.717, 1.165) is 14.8 Å². The van der Waals surface area contributed by atoms with Crippen molar-refractivity contribution in [3.8, 4) is 5.69 Å². The monoisotopic (exact) mass is 300 g/mol. The zero-order valence-electron chi connectivity index (χ0n) is 6.61. The third-order valence-corrected chi connectivity index (χ3v) is 2.61. The minimum atomic E-state index is 0.843. The van der Waals surface area contributed by atoms with Gasteiger partial charge in [0.1, 0.15) is 10.9 Å². The minimum Gasteiger partial charge on any atom is -0.305 e. The molecule has 0 saturated carbocycles. The predicted molar refractivity (Wildman–Crippen MR) is 59.0 cm³/mol. The summed E-state index contributed by atoms with van der Waals surface area (Å²) in [6.45, 7) is 0. The smallest absolute Gasteiger partial charge is 0.124 e. The predicted octanol–water partition coefficient (Wildman–Crippen LogP) is 3.40. The number of hydrogen-bond acceptors (Lipinski definition) is 1. The van der Waals surface area contributed by atoms with Gasteiger partial charge in [-0.3, -0.25) is 0 Å². The van der Waals surface area contributed by atoms with Crippen molar-refractivity contribution in [3.63, 3.8) is 0 Å². The molecule has 0 aliphatic rings. The zero-order chi connectivity index (χ0) is 9.26. The second-order valence-corrected chi connectivity index (χ2v) is 4.31. The van der Waals surface area contributed by atoms with E-state index in [1.165, 1.54) is 0 Å². The molecular formula is C9H6Br2N2. The zero-order valence-corrected chi connectivity index (χ0v) is 9.79. The van der Waals surface area contributed by atoms with Crippen LogP contribution in [0.2, 0.25) is 0 Å². The maximum absolute atomic E-state index is 4.08. The summed E-state index contributed by atoms with van der Waals surface area (Å²) in [4.78, 5) is 4.08. The van der Waals surface area contributed by atoms with E-state index in [1.807, 2.05) is 35.0 Å². The fraction of sp³-hybridized carbons (Fsp3) is 0. The molecule has 1 aromatic heterocycles. The van der Waals surface area contributed by atoms with Crippen LogP contribution in [-0.4, -0.2) is 9.55 Å². The molecule has 0 spiro atoms. The maximum Gasteiger partial charge on any atom is 0.124 e. The number of halogens is 2. The molecule has 0 amide bonds. The molecule has 0 saturated heterocycles. The molecule has 13 heavy (non-hydrogen) atoms. The Labute approximate surface area is 92.9 Å². The largest absolute Gasteiger partial charge is 0.305 e. The summed E-state index contributed by atoms with van der Waals surface area (Å²) in [6.07, 6.45) is 3.69. The number of aromatic nitrogens is 2. The van der Waals surface area contributed by atoms with Crippen LogP contribution in [0.1, 0.15) is 0 Å². The van der Waals surface area contributed by atoms with E-state index in [2.05, 4.69) is 36.8 Å². The average Bonchev–Trinajstić information content (AvgIpc) is 2.53. The number of hydrogen-bond donors (Lipinski definition) is 0. The van der Waals surface area contributed by atoms with Crippen molar-refractivity contribution in [1.29, 1.82) is 0 Å².